The molecule has 66 valence electrons. The zero-order valence-electron chi connectivity index (χ0n) is 7.21. The van der Waals surface area contributed by atoms with E-state index in [2.05, 4.69) is 20.7 Å². The van der Waals surface area contributed by atoms with Crippen molar-refractivity contribution < 1.29 is 9.53 Å². The van der Waals surface area contributed by atoms with Gasteiger partial charge in [-0.1, -0.05) is 39.6 Å². The lowest BCUT2D eigenvalue weighted by Crippen LogP contribution is -2.11. The molecule has 0 saturated heterocycles. The molecule has 2 nitrogen and oxygen atoms in total. The molecule has 4 heteroatoms. The first-order valence-corrected chi connectivity index (χ1v) is 4.84. The molecular formula is C9H8BBrO2. The Balaban J connectivity index is 3.15. The number of alkyl halides is 1. The molecule has 0 aliphatic rings. The van der Waals surface area contributed by atoms with E-state index in [0.717, 1.165) is 5.56 Å². The van der Waals surface area contributed by atoms with Gasteiger partial charge in [0.1, 0.15) is 7.85 Å². The van der Waals surface area contributed by atoms with E-state index in [1.165, 1.54) is 7.11 Å². The van der Waals surface area contributed by atoms with Crippen molar-refractivity contribution in [1.82, 2.24) is 0 Å². The number of rotatable bonds is 2. The van der Waals surface area contributed by atoms with Gasteiger partial charge in [-0.15, -0.1) is 0 Å². The van der Waals surface area contributed by atoms with Crippen LogP contribution in [0.1, 0.15) is 15.9 Å². The minimum absolute atomic E-state index is 0.359. The second-order valence-electron chi connectivity index (χ2n) is 2.54. The van der Waals surface area contributed by atoms with Crippen LogP contribution in [-0.2, 0) is 10.1 Å². The van der Waals surface area contributed by atoms with Crippen LogP contribution in [0.3, 0.4) is 0 Å². The van der Waals surface area contributed by atoms with Crippen molar-refractivity contribution in [3.63, 3.8) is 0 Å². The van der Waals surface area contributed by atoms with Crippen LogP contribution in [0.4, 0.5) is 0 Å². The standard InChI is InChI=1S/C9H8BBrO2/c1-13-9(12)8-4-7(10)3-2-6(8)5-11/h2-4H,5H2,1H3. The number of esters is 1. The van der Waals surface area contributed by atoms with Crippen molar-refractivity contribution in [3.05, 3.63) is 29.3 Å². The Morgan fingerprint density at radius 2 is 2.31 bits per heavy atom. The average Bonchev–Trinajstić information content (AvgIpc) is 2.16. The molecule has 0 fully saturated rings. The summed E-state index contributed by atoms with van der Waals surface area (Å²) in [6.45, 7) is 0. The van der Waals surface area contributed by atoms with Gasteiger partial charge >= 0.3 is 5.97 Å². The molecule has 0 heterocycles. The molecule has 0 bridgehead atoms. The minimum atomic E-state index is -0.359. The Bertz CT molecular complexity index is 325. The maximum absolute atomic E-state index is 11.2. The van der Waals surface area contributed by atoms with Crippen LogP contribution in [0, 0.1) is 0 Å². The Morgan fingerprint density at radius 3 is 2.85 bits per heavy atom. The second kappa shape index (κ2) is 4.47. The first kappa shape index (κ1) is 10.3. The number of methoxy groups -OCH3 is 1. The van der Waals surface area contributed by atoms with Crippen LogP contribution in [-0.4, -0.2) is 20.9 Å². The summed E-state index contributed by atoms with van der Waals surface area (Å²) < 4.78 is 4.62. The summed E-state index contributed by atoms with van der Waals surface area (Å²) in [5.41, 5.74) is 1.95. The molecule has 1 rings (SSSR count). The summed E-state index contributed by atoms with van der Waals surface area (Å²) in [7, 11) is 6.90. The van der Waals surface area contributed by atoms with E-state index >= 15 is 0 Å². The van der Waals surface area contributed by atoms with Crippen molar-refractivity contribution in [3.8, 4) is 0 Å². The van der Waals surface area contributed by atoms with Gasteiger partial charge in [0.25, 0.3) is 0 Å². The van der Waals surface area contributed by atoms with Gasteiger partial charge in [-0.05, 0) is 5.56 Å². The molecule has 2 radical (unpaired) electrons. The van der Waals surface area contributed by atoms with Gasteiger partial charge in [-0.3, -0.25) is 0 Å². The molecule has 1 aromatic rings. The highest BCUT2D eigenvalue weighted by molar-refractivity contribution is 9.08. The number of ether oxygens (including phenoxy) is 1. The molecule has 0 amide bonds. The van der Waals surface area contributed by atoms with Crippen molar-refractivity contribution in [2.24, 2.45) is 0 Å². The van der Waals surface area contributed by atoms with Gasteiger partial charge < -0.3 is 4.74 Å². The molecular weight excluding hydrogens is 231 g/mol. The maximum Gasteiger partial charge on any atom is 0.338 e. The Labute approximate surface area is 86.8 Å². The van der Waals surface area contributed by atoms with Crippen LogP contribution in [0.15, 0.2) is 18.2 Å². The molecule has 1 aromatic carbocycles. The van der Waals surface area contributed by atoms with Gasteiger partial charge in [-0.2, -0.15) is 0 Å². The van der Waals surface area contributed by atoms with E-state index in [1.807, 2.05) is 0 Å². The van der Waals surface area contributed by atoms with Gasteiger partial charge in [-0.25, -0.2) is 4.79 Å². The van der Waals surface area contributed by atoms with Gasteiger partial charge in [0.2, 0.25) is 0 Å². The fraction of sp³-hybridized carbons (Fsp3) is 0.222. The fourth-order valence-corrected chi connectivity index (χ4v) is 1.50. The number of hydrogen-bond acceptors (Lipinski definition) is 2. The van der Waals surface area contributed by atoms with Crippen LogP contribution in [0.2, 0.25) is 0 Å². The third-order valence-corrected chi connectivity index (χ3v) is 2.29. The van der Waals surface area contributed by atoms with Gasteiger partial charge in [0.05, 0.1) is 12.7 Å². The van der Waals surface area contributed by atoms with E-state index in [-0.39, 0.29) is 5.97 Å². The highest BCUT2D eigenvalue weighted by Gasteiger charge is 2.10. The van der Waals surface area contributed by atoms with Gasteiger partial charge in [0.15, 0.2) is 0 Å². The summed E-state index contributed by atoms with van der Waals surface area (Å²) in [4.78, 5) is 11.2. The van der Waals surface area contributed by atoms with Crippen molar-refractivity contribution >= 4 is 35.2 Å². The van der Waals surface area contributed by atoms with E-state index in [9.17, 15) is 4.79 Å². The summed E-state index contributed by atoms with van der Waals surface area (Å²) in [6, 6.07) is 5.17. The van der Waals surface area contributed by atoms with E-state index in [0.29, 0.717) is 16.4 Å². The highest BCUT2D eigenvalue weighted by Crippen LogP contribution is 2.11. The van der Waals surface area contributed by atoms with Crippen LogP contribution < -0.4 is 5.46 Å². The third kappa shape index (κ3) is 2.34. The molecule has 0 aliphatic carbocycles. The number of halogens is 1. The van der Waals surface area contributed by atoms with Crippen LogP contribution in [0.5, 0.6) is 0 Å². The highest BCUT2D eigenvalue weighted by atomic mass is 79.9. The zero-order chi connectivity index (χ0) is 9.84. The van der Waals surface area contributed by atoms with Crippen LogP contribution >= 0.6 is 15.9 Å². The van der Waals surface area contributed by atoms with E-state index in [4.69, 9.17) is 7.85 Å². The first-order chi connectivity index (χ1) is 6.19. The van der Waals surface area contributed by atoms with E-state index in [1.54, 1.807) is 18.2 Å². The number of carbonyl (C=O) groups excluding carboxylic acids is 1. The largest absolute Gasteiger partial charge is 0.465 e. The number of hydrogen-bond donors (Lipinski definition) is 0. The first-order valence-electron chi connectivity index (χ1n) is 3.71. The number of benzene rings is 1. The summed E-state index contributed by atoms with van der Waals surface area (Å²) in [5.74, 6) is -0.359. The normalized spacial score (nSPS) is 9.69. The molecule has 0 spiro atoms. The quantitative estimate of drug-likeness (QED) is 0.439. The predicted molar refractivity (Wildman–Crippen MR) is 55.8 cm³/mol. The lowest BCUT2D eigenvalue weighted by Gasteiger charge is -2.05. The smallest absolute Gasteiger partial charge is 0.338 e. The zero-order valence-corrected chi connectivity index (χ0v) is 8.80. The predicted octanol–water partition coefficient (Wildman–Crippen LogP) is 1.16. The van der Waals surface area contributed by atoms with Crippen molar-refractivity contribution in [2.45, 2.75) is 5.33 Å². The summed E-state index contributed by atoms with van der Waals surface area (Å²) in [5, 5.41) is 0.609. The maximum atomic E-state index is 11.2. The monoisotopic (exact) mass is 238 g/mol. The molecule has 0 saturated carbocycles. The molecule has 0 aromatic heterocycles. The second-order valence-corrected chi connectivity index (χ2v) is 3.10. The lowest BCUT2D eigenvalue weighted by molar-refractivity contribution is 0.0600. The van der Waals surface area contributed by atoms with Crippen molar-refractivity contribution in [2.75, 3.05) is 7.11 Å². The third-order valence-electron chi connectivity index (χ3n) is 1.68. The van der Waals surface area contributed by atoms with Crippen molar-refractivity contribution in [1.29, 1.82) is 0 Å². The molecule has 13 heavy (non-hydrogen) atoms. The van der Waals surface area contributed by atoms with Gasteiger partial charge in [0, 0.05) is 5.33 Å². The Kier molecular flexibility index (Phi) is 3.54. The van der Waals surface area contributed by atoms with E-state index < -0.39 is 0 Å². The lowest BCUT2D eigenvalue weighted by atomic mass is 9.92. The molecule has 0 atom stereocenters. The van der Waals surface area contributed by atoms with Crippen LogP contribution in [0.25, 0.3) is 0 Å². The number of carbonyl (C=O) groups is 1. The topological polar surface area (TPSA) is 26.3 Å². The Morgan fingerprint density at radius 1 is 1.62 bits per heavy atom. The summed E-state index contributed by atoms with van der Waals surface area (Å²) in [6.07, 6.45) is 0. The SMILES string of the molecule is [B]c1ccc(CBr)c(C(=O)OC)c1. The average molecular weight is 239 g/mol. The fourth-order valence-electron chi connectivity index (χ4n) is 1.01. The summed E-state index contributed by atoms with van der Waals surface area (Å²) >= 11 is 3.28. The molecule has 0 unspecified atom stereocenters. The molecule has 0 N–H and O–H groups in total. The molecule has 0 aliphatic heterocycles. The Hall–Kier alpha value is -0.765. The minimum Gasteiger partial charge on any atom is -0.465 e.